The third-order valence-corrected chi connectivity index (χ3v) is 3.50. The molecule has 5 nitrogen and oxygen atoms in total. The summed E-state index contributed by atoms with van der Waals surface area (Å²) in [5.74, 6) is 0. The number of phosphoric ester groups is 1. The van der Waals surface area contributed by atoms with Gasteiger partial charge in [0.05, 0.1) is 20.6 Å². The Morgan fingerprint density at radius 2 is 2.17 bits per heavy atom. The molecule has 0 saturated carbocycles. The number of likely N-dealkylation sites (N-methyl/N-ethyl adjacent to an activating group) is 1. The highest BCUT2D eigenvalue weighted by molar-refractivity contribution is 7.46. The number of fused-ring (bicyclic) bond motifs is 1. The fourth-order valence-electron chi connectivity index (χ4n) is 1.80. The number of quaternary nitrogens is 1. The summed E-state index contributed by atoms with van der Waals surface area (Å²) in [4.78, 5) is 10.9. The fraction of sp³-hybridized carbons (Fsp3) is 1.00. The molecule has 0 radical (unpaired) electrons. The van der Waals surface area contributed by atoms with Crippen molar-refractivity contribution >= 4 is 7.82 Å². The molecule has 2 fully saturated rings. The highest BCUT2D eigenvalue weighted by atomic mass is 31.2. The molecule has 2 aliphatic heterocycles. The summed E-state index contributed by atoms with van der Waals surface area (Å²) in [6, 6.07) is 0. The standard InChI is InChI=1S/C6H12NO4P/c1-7(2)4-3-5-6(7)11-12(8,9)10-5/h5-6H,3-4H2,1-2H3. The normalized spacial score (nSPS) is 50.9. The number of nitrogens with zero attached hydrogens (tertiary/aromatic N) is 1. The Morgan fingerprint density at radius 1 is 1.50 bits per heavy atom. The highest BCUT2D eigenvalue weighted by Gasteiger charge is 2.52. The zero-order valence-corrected chi connectivity index (χ0v) is 7.99. The summed E-state index contributed by atoms with van der Waals surface area (Å²) >= 11 is 0. The quantitative estimate of drug-likeness (QED) is 0.390. The molecule has 12 heavy (non-hydrogen) atoms. The molecule has 2 heterocycles. The van der Waals surface area contributed by atoms with Crippen molar-refractivity contribution in [2.24, 2.45) is 0 Å². The van der Waals surface area contributed by atoms with E-state index in [9.17, 15) is 9.46 Å². The third kappa shape index (κ3) is 1.22. The zero-order valence-electron chi connectivity index (χ0n) is 7.10. The van der Waals surface area contributed by atoms with Crippen LogP contribution < -0.4 is 4.89 Å². The maximum atomic E-state index is 10.9. The van der Waals surface area contributed by atoms with E-state index in [-0.39, 0.29) is 12.3 Å². The molecule has 0 amide bonds. The lowest BCUT2D eigenvalue weighted by molar-refractivity contribution is -0.920. The van der Waals surface area contributed by atoms with Crippen LogP contribution in [0.3, 0.4) is 0 Å². The van der Waals surface area contributed by atoms with Crippen molar-refractivity contribution in [2.45, 2.75) is 18.8 Å². The number of hydrogen-bond donors (Lipinski definition) is 0. The van der Waals surface area contributed by atoms with E-state index in [1.165, 1.54) is 0 Å². The molecular formula is C6H12NO4P. The van der Waals surface area contributed by atoms with Gasteiger partial charge < -0.3 is 13.9 Å². The van der Waals surface area contributed by atoms with Gasteiger partial charge in [0.1, 0.15) is 0 Å². The van der Waals surface area contributed by atoms with Gasteiger partial charge in [-0.3, -0.25) is 9.09 Å². The molecule has 2 aliphatic rings. The second kappa shape index (κ2) is 2.30. The van der Waals surface area contributed by atoms with Gasteiger partial charge in [0.25, 0.3) is 7.82 Å². The van der Waals surface area contributed by atoms with Crippen molar-refractivity contribution in [1.29, 1.82) is 0 Å². The van der Waals surface area contributed by atoms with E-state index in [0.29, 0.717) is 4.48 Å². The fourth-order valence-corrected chi connectivity index (χ4v) is 3.05. The molecule has 0 spiro atoms. The van der Waals surface area contributed by atoms with Crippen LogP contribution in [0.4, 0.5) is 0 Å². The van der Waals surface area contributed by atoms with Crippen LogP contribution in [-0.4, -0.2) is 37.5 Å². The van der Waals surface area contributed by atoms with Crippen LogP contribution in [0.5, 0.6) is 0 Å². The van der Waals surface area contributed by atoms with Crippen molar-refractivity contribution in [3.63, 3.8) is 0 Å². The second-order valence-corrected chi connectivity index (χ2v) is 5.19. The van der Waals surface area contributed by atoms with E-state index in [0.717, 1.165) is 13.0 Å². The molecule has 0 aliphatic carbocycles. The maximum absolute atomic E-state index is 10.9. The minimum Gasteiger partial charge on any atom is -0.756 e. The number of rotatable bonds is 0. The Balaban J connectivity index is 2.22. The largest absolute Gasteiger partial charge is 0.756 e. The minimum atomic E-state index is -3.97. The van der Waals surface area contributed by atoms with Crippen LogP contribution in [0.2, 0.25) is 0 Å². The lowest BCUT2D eigenvalue weighted by Crippen LogP contribution is -2.46. The predicted octanol–water partition coefficient (Wildman–Crippen LogP) is -0.324. The number of likely N-dealkylation sites (tertiary alicyclic amines) is 1. The van der Waals surface area contributed by atoms with E-state index in [1.807, 2.05) is 14.1 Å². The van der Waals surface area contributed by atoms with Gasteiger partial charge >= 0.3 is 0 Å². The van der Waals surface area contributed by atoms with Gasteiger partial charge in [0, 0.05) is 6.42 Å². The average Bonchev–Trinajstić information content (AvgIpc) is 2.31. The van der Waals surface area contributed by atoms with E-state index >= 15 is 0 Å². The molecule has 0 aromatic heterocycles. The van der Waals surface area contributed by atoms with Crippen LogP contribution in [0.25, 0.3) is 0 Å². The molecule has 3 unspecified atom stereocenters. The van der Waals surface area contributed by atoms with E-state index in [2.05, 4.69) is 0 Å². The van der Waals surface area contributed by atoms with Crippen LogP contribution in [-0.2, 0) is 13.6 Å². The first-order valence-electron chi connectivity index (χ1n) is 3.91. The van der Waals surface area contributed by atoms with Gasteiger partial charge in [-0.15, -0.1) is 0 Å². The lowest BCUT2D eigenvalue weighted by atomic mass is 10.3. The monoisotopic (exact) mass is 193 g/mol. The topological polar surface area (TPSA) is 58.6 Å². The average molecular weight is 193 g/mol. The molecule has 0 N–H and O–H groups in total. The Bertz CT molecular complexity index is 254. The minimum absolute atomic E-state index is 0.261. The summed E-state index contributed by atoms with van der Waals surface area (Å²) < 4.78 is 21.1. The zero-order chi connectivity index (χ0) is 8.98. The van der Waals surface area contributed by atoms with Crippen LogP contribution in [0, 0.1) is 0 Å². The Morgan fingerprint density at radius 3 is 2.75 bits per heavy atom. The Labute approximate surface area is 71.1 Å². The molecule has 2 rings (SSSR count). The first-order chi connectivity index (χ1) is 5.41. The van der Waals surface area contributed by atoms with Crippen molar-refractivity contribution < 1.29 is 23.0 Å². The molecule has 2 saturated heterocycles. The van der Waals surface area contributed by atoms with Gasteiger partial charge in [-0.05, 0) is 0 Å². The Kier molecular flexibility index (Phi) is 1.66. The Hall–Kier alpha value is 0.0700. The van der Waals surface area contributed by atoms with Crippen molar-refractivity contribution in [2.75, 3.05) is 20.6 Å². The SMILES string of the molecule is C[N+]1(C)CCC2OP(=O)([O-])OC21. The van der Waals surface area contributed by atoms with Gasteiger partial charge in [0.15, 0.2) is 6.10 Å². The molecule has 0 aromatic rings. The van der Waals surface area contributed by atoms with Gasteiger partial charge in [-0.25, -0.2) is 0 Å². The first-order valence-corrected chi connectivity index (χ1v) is 5.37. The molecule has 3 atom stereocenters. The molecule has 6 heteroatoms. The van der Waals surface area contributed by atoms with Gasteiger partial charge in [-0.2, -0.15) is 0 Å². The molecular weight excluding hydrogens is 181 g/mol. The van der Waals surface area contributed by atoms with Crippen molar-refractivity contribution in [3.8, 4) is 0 Å². The van der Waals surface area contributed by atoms with Crippen LogP contribution in [0.1, 0.15) is 6.42 Å². The smallest absolute Gasteiger partial charge is 0.273 e. The number of phosphoric acid groups is 1. The van der Waals surface area contributed by atoms with Crippen molar-refractivity contribution in [1.82, 2.24) is 0 Å². The summed E-state index contributed by atoms with van der Waals surface area (Å²) in [5.41, 5.74) is 0. The highest BCUT2D eigenvalue weighted by Crippen LogP contribution is 2.53. The maximum Gasteiger partial charge on any atom is 0.273 e. The van der Waals surface area contributed by atoms with E-state index in [1.54, 1.807) is 0 Å². The first kappa shape index (κ1) is 8.66. The summed E-state index contributed by atoms with van der Waals surface area (Å²) in [6.07, 6.45) is 0.167. The van der Waals surface area contributed by atoms with Gasteiger partial charge in [-0.1, -0.05) is 0 Å². The molecule has 0 aromatic carbocycles. The lowest BCUT2D eigenvalue weighted by Gasteiger charge is -2.29. The summed E-state index contributed by atoms with van der Waals surface area (Å²) in [5, 5.41) is 0. The molecule has 0 bridgehead atoms. The summed E-state index contributed by atoms with van der Waals surface area (Å²) in [7, 11) is -0.0787. The molecule has 70 valence electrons. The third-order valence-electron chi connectivity index (χ3n) is 2.50. The van der Waals surface area contributed by atoms with E-state index < -0.39 is 7.82 Å². The van der Waals surface area contributed by atoms with Crippen molar-refractivity contribution in [3.05, 3.63) is 0 Å². The van der Waals surface area contributed by atoms with Gasteiger partial charge in [0.2, 0.25) is 6.23 Å². The predicted molar refractivity (Wildman–Crippen MR) is 38.9 cm³/mol. The van der Waals surface area contributed by atoms with Crippen LogP contribution in [0.15, 0.2) is 0 Å². The number of hydrogen-bond acceptors (Lipinski definition) is 4. The van der Waals surface area contributed by atoms with E-state index in [4.69, 9.17) is 9.05 Å². The summed E-state index contributed by atoms with van der Waals surface area (Å²) in [6.45, 7) is 0.898. The second-order valence-electron chi connectivity index (χ2n) is 3.88. The van der Waals surface area contributed by atoms with Crippen LogP contribution >= 0.6 is 7.82 Å².